The average Bonchev–Trinajstić information content (AvgIpc) is 2.68. The Morgan fingerprint density at radius 2 is 0.833 bits per heavy atom. The van der Waals surface area contributed by atoms with E-state index in [-0.39, 0.29) is 0 Å². The summed E-state index contributed by atoms with van der Waals surface area (Å²) in [7, 11) is -3.49. The number of phenolic OH excluding ortho intramolecular Hbond substituents is 2. The molecule has 2 nitrogen and oxygen atoms in total. The van der Waals surface area contributed by atoms with E-state index in [1.54, 1.807) is 0 Å². The molecule has 4 heteroatoms. The zero-order valence-corrected chi connectivity index (χ0v) is 22.9. The van der Waals surface area contributed by atoms with Crippen molar-refractivity contribution in [3.8, 4) is 11.5 Å². The molecule has 0 radical (unpaired) electrons. The standard InChI is InChI=1S/C26H50O2Si2/c1-7-9-11-13-15-17-19-29(3,4)25-21-24(28)26(22-23(25)27)30(5,6)20-18-16-14-12-10-8-2/h21-22,27-28H,7-20H2,1-6H3. The van der Waals surface area contributed by atoms with Crippen LogP contribution in [0.3, 0.4) is 0 Å². The fourth-order valence-electron chi connectivity index (χ4n) is 4.62. The van der Waals surface area contributed by atoms with Crippen molar-refractivity contribution < 1.29 is 10.2 Å². The highest BCUT2D eigenvalue weighted by Crippen LogP contribution is 2.26. The summed E-state index contributed by atoms with van der Waals surface area (Å²) >= 11 is 0. The second-order valence-electron chi connectivity index (χ2n) is 10.7. The molecule has 0 amide bonds. The van der Waals surface area contributed by atoms with Gasteiger partial charge in [0.15, 0.2) is 0 Å². The SMILES string of the molecule is CCCCCCCC[Si](C)(C)c1cc(O)c([Si](C)(C)CCCCCCCC)cc1O. The third-order valence-electron chi connectivity index (χ3n) is 6.88. The molecule has 0 aliphatic carbocycles. The van der Waals surface area contributed by atoms with Crippen molar-refractivity contribution in [2.75, 3.05) is 0 Å². The van der Waals surface area contributed by atoms with E-state index in [0.29, 0.717) is 11.5 Å². The molecular weight excluding hydrogens is 400 g/mol. The van der Waals surface area contributed by atoms with Crippen molar-refractivity contribution >= 4 is 26.5 Å². The van der Waals surface area contributed by atoms with Gasteiger partial charge in [-0.3, -0.25) is 0 Å². The summed E-state index contributed by atoms with van der Waals surface area (Å²) in [4.78, 5) is 0. The Labute approximate surface area is 189 Å². The van der Waals surface area contributed by atoms with Gasteiger partial charge in [0.05, 0.1) is 16.1 Å². The fraction of sp³-hybridized carbons (Fsp3) is 0.769. The van der Waals surface area contributed by atoms with Crippen LogP contribution < -0.4 is 10.4 Å². The quantitative estimate of drug-likeness (QED) is 0.154. The van der Waals surface area contributed by atoms with Gasteiger partial charge < -0.3 is 10.2 Å². The summed E-state index contributed by atoms with van der Waals surface area (Å²) in [5.74, 6) is 0.878. The summed E-state index contributed by atoms with van der Waals surface area (Å²) in [6.07, 6.45) is 15.7. The Kier molecular flexibility index (Phi) is 12.4. The first-order valence-corrected chi connectivity index (χ1v) is 19.1. The number of aromatic hydroxyl groups is 2. The molecule has 2 N–H and O–H groups in total. The van der Waals surface area contributed by atoms with Crippen LogP contribution in [-0.2, 0) is 0 Å². The summed E-state index contributed by atoms with van der Waals surface area (Å²) in [5.41, 5.74) is 0. The lowest BCUT2D eigenvalue weighted by Crippen LogP contribution is -2.45. The third-order valence-corrected chi connectivity index (χ3v) is 13.8. The lowest BCUT2D eigenvalue weighted by molar-refractivity contribution is 0.466. The Bertz CT molecular complexity index is 558. The molecule has 30 heavy (non-hydrogen) atoms. The molecule has 0 fully saturated rings. The predicted molar refractivity (Wildman–Crippen MR) is 140 cm³/mol. The molecule has 0 spiro atoms. The fourth-order valence-corrected chi connectivity index (χ4v) is 10.0. The van der Waals surface area contributed by atoms with Crippen molar-refractivity contribution in [1.82, 2.24) is 0 Å². The first kappa shape index (κ1) is 27.3. The second-order valence-corrected chi connectivity index (χ2v) is 20.3. The van der Waals surface area contributed by atoms with E-state index in [2.05, 4.69) is 40.0 Å². The topological polar surface area (TPSA) is 40.5 Å². The number of benzene rings is 1. The minimum Gasteiger partial charge on any atom is -0.508 e. The number of hydrogen-bond acceptors (Lipinski definition) is 2. The minimum atomic E-state index is -1.74. The molecule has 0 aliphatic rings. The molecule has 1 aromatic rings. The smallest absolute Gasteiger partial charge is 0.114 e. The summed E-state index contributed by atoms with van der Waals surface area (Å²) in [6.45, 7) is 13.9. The van der Waals surface area contributed by atoms with Gasteiger partial charge in [0.2, 0.25) is 0 Å². The van der Waals surface area contributed by atoms with Crippen LogP contribution in [0.25, 0.3) is 0 Å². The first-order chi connectivity index (χ1) is 14.2. The minimum absolute atomic E-state index is 0.439. The molecule has 0 aromatic heterocycles. The Morgan fingerprint density at radius 3 is 1.17 bits per heavy atom. The first-order valence-electron chi connectivity index (χ1n) is 12.7. The van der Waals surface area contributed by atoms with E-state index in [0.717, 1.165) is 10.4 Å². The molecule has 0 saturated heterocycles. The van der Waals surface area contributed by atoms with Gasteiger partial charge in [0.25, 0.3) is 0 Å². The maximum absolute atomic E-state index is 10.9. The van der Waals surface area contributed by atoms with E-state index < -0.39 is 16.1 Å². The van der Waals surface area contributed by atoms with E-state index in [1.807, 2.05) is 12.1 Å². The van der Waals surface area contributed by atoms with E-state index in [9.17, 15) is 10.2 Å². The summed E-state index contributed by atoms with van der Waals surface area (Å²) in [5, 5.41) is 23.9. The highest BCUT2D eigenvalue weighted by Gasteiger charge is 2.31. The largest absolute Gasteiger partial charge is 0.508 e. The van der Waals surface area contributed by atoms with Crippen LogP contribution in [0.1, 0.15) is 90.9 Å². The van der Waals surface area contributed by atoms with Gasteiger partial charge in [-0.25, -0.2) is 0 Å². The molecule has 0 bridgehead atoms. The molecule has 0 unspecified atom stereocenters. The van der Waals surface area contributed by atoms with Crippen LogP contribution in [0.15, 0.2) is 12.1 Å². The molecule has 0 aliphatic heterocycles. The van der Waals surface area contributed by atoms with Gasteiger partial charge in [-0.2, -0.15) is 0 Å². The predicted octanol–water partition coefficient (Wildman–Crippen LogP) is 7.65. The van der Waals surface area contributed by atoms with Crippen LogP contribution in [0, 0.1) is 0 Å². The third kappa shape index (κ3) is 9.17. The average molecular weight is 451 g/mol. The van der Waals surface area contributed by atoms with Crippen LogP contribution in [-0.4, -0.2) is 26.4 Å². The molecule has 1 rings (SSSR count). The van der Waals surface area contributed by atoms with Gasteiger partial charge in [-0.05, 0) is 22.5 Å². The van der Waals surface area contributed by atoms with Crippen molar-refractivity contribution in [2.45, 2.75) is 129 Å². The maximum atomic E-state index is 10.9. The van der Waals surface area contributed by atoms with Crippen LogP contribution in [0.2, 0.25) is 38.3 Å². The molecule has 1 aromatic carbocycles. The Balaban J connectivity index is 2.72. The molecule has 0 saturated carbocycles. The van der Waals surface area contributed by atoms with Crippen molar-refractivity contribution in [3.63, 3.8) is 0 Å². The zero-order valence-electron chi connectivity index (χ0n) is 20.9. The highest BCUT2D eigenvalue weighted by atomic mass is 28.3. The van der Waals surface area contributed by atoms with Crippen LogP contribution in [0.4, 0.5) is 0 Å². The Hall–Kier alpha value is -0.746. The number of hydrogen-bond donors (Lipinski definition) is 2. The lowest BCUT2D eigenvalue weighted by atomic mass is 10.1. The normalized spacial score (nSPS) is 12.5. The van der Waals surface area contributed by atoms with Gasteiger partial charge >= 0.3 is 0 Å². The van der Waals surface area contributed by atoms with Gasteiger partial charge in [-0.15, -0.1) is 0 Å². The number of rotatable bonds is 16. The number of phenols is 2. The van der Waals surface area contributed by atoms with Crippen LogP contribution >= 0.6 is 0 Å². The van der Waals surface area contributed by atoms with Gasteiger partial charge in [-0.1, -0.05) is 129 Å². The summed E-state index contributed by atoms with van der Waals surface area (Å²) < 4.78 is 0. The van der Waals surface area contributed by atoms with Crippen molar-refractivity contribution in [2.24, 2.45) is 0 Å². The monoisotopic (exact) mass is 450 g/mol. The van der Waals surface area contributed by atoms with E-state index >= 15 is 0 Å². The molecular formula is C26H50O2Si2. The Morgan fingerprint density at radius 1 is 0.533 bits per heavy atom. The maximum Gasteiger partial charge on any atom is 0.114 e. The van der Waals surface area contributed by atoms with E-state index in [1.165, 1.54) is 89.1 Å². The van der Waals surface area contributed by atoms with Crippen molar-refractivity contribution in [1.29, 1.82) is 0 Å². The molecule has 0 atom stereocenters. The van der Waals surface area contributed by atoms with Gasteiger partial charge in [0.1, 0.15) is 11.5 Å². The summed E-state index contributed by atoms with van der Waals surface area (Å²) in [6, 6.07) is 6.24. The van der Waals surface area contributed by atoms with E-state index in [4.69, 9.17) is 0 Å². The number of unbranched alkanes of at least 4 members (excludes halogenated alkanes) is 10. The highest BCUT2D eigenvalue weighted by molar-refractivity contribution is 6.92. The molecule has 174 valence electrons. The van der Waals surface area contributed by atoms with Crippen LogP contribution in [0.5, 0.6) is 11.5 Å². The second kappa shape index (κ2) is 13.6. The zero-order chi connectivity index (χ0) is 22.6. The lowest BCUT2D eigenvalue weighted by Gasteiger charge is -2.28. The van der Waals surface area contributed by atoms with Gasteiger partial charge in [0, 0.05) is 0 Å². The molecule has 0 heterocycles. The van der Waals surface area contributed by atoms with Crippen molar-refractivity contribution in [3.05, 3.63) is 12.1 Å².